The van der Waals surface area contributed by atoms with Gasteiger partial charge in [0.05, 0.1) is 23.1 Å². The van der Waals surface area contributed by atoms with Gasteiger partial charge >= 0.3 is 0 Å². The fourth-order valence-corrected chi connectivity index (χ4v) is 4.17. The van der Waals surface area contributed by atoms with Gasteiger partial charge in [0.25, 0.3) is 0 Å². The van der Waals surface area contributed by atoms with E-state index in [1.54, 1.807) is 17.5 Å². The average Bonchev–Trinajstić information content (AvgIpc) is 2.89. The molecular formula is C17H24N4OS. The highest BCUT2D eigenvalue weighted by molar-refractivity contribution is 7.09. The maximum atomic E-state index is 12.4. The predicted molar refractivity (Wildman–Crippen MR) is 92.5 cm³/mol. The summed E-state index contributed by atoms with van der Waals surface area (Å²) in [5.41, 5.74) is 3.84. The van der Waals surface area contributed by atoms with Crippen molar-refractivity contribution in [2.45, 2.75) is 47.6 Å². The molecule has 0 unspecified atom stereocenters. The van der Waals surface area contributed by atoms with E-state index >= 15 is 0 Å². The first-order valence-electron chi connectivity index (χ1n) is 7.96. The molecule has 1 saturated carbocycles. The zero-order chi connectivity index (χ0) is 16.8. The van der Waals surface area contributed by atoms with Gasteiger partial charge in [-0.1, -0.05) is 27.7 Å². The highest BCUT2D eigenvalue weighted by atomic mass is 32.1. The number of aryl methyl sites for hydroxylation is 3. The van der Waals surface area contributed by atoms with E-state index in [-0.39, 0.29) is 22.7 Å². The molecule has 2 heterocycles. The van der Waals surface area contributed by atoms with Gasteiger partial charge in [-0.05, 0) is 17.8 Å². The minimum atomic E-state index is 0.0524. The molecule has 2 aromatic heterocycles. The molecule has 1 amide bonds. The van der Waals surface area contributed by atoms with Crippen molar-refractivity contribution in [3.05, 3.63) is 28.5 Å². The zero-order valence-electron chi connectivity index (χ0n) is 14.4. The molecule has 3 rings (SSSR count). The molecule has 0 aliphatic heterocycles. The lowest BCUT2D eigenvalue weighted by Crippen LogP contribution is -2.17. The van der Waals surface area contributed by atoms with Crippen LogP contribution in [0.5, 0.6) is 0 Å². The number of carbonyl (C=O) groups is 1. The minimum Gasteiger partial charge on any atom is -0.323 e. The lowest BCUT2D eigenvalue weighted by atomic mass is 10.0. The number of nitrogens with zero attached hydrogens (tertiary/aromatic N) is 3. The molecule has 0 bridgehead atoms. The third kappa shape index (κ3) is 2.80. The van der Waals surface area contributed by atoms with Crippen LogP contribution in [0.1, 0.15) is 38.3 Å². The molecule has 6 heteroatoms. The fraction of sp³-hybridized carbons (Fsp3) is 0.588. The number of carbonyl (C=O) groups excluding carboxylic acids is 1. The number of amides is 1. The second-order valence-corrected chi connectivity index (χ2v) is 8.41. The molecule has 0 aromatic carbocycles. The second kappa shape index (κ2) is 5.44. The zero-order valence-corrected chi connectivity index (χ0v) is 15.2. The van der Waals surface area contributed by atoms with Crippen molar-refractivity contribution in [1.29, 1.82) is 0 Å². The fourth-order valence-electron chi connectivity index (χ4n) is 3.40. The van der Waals surface area contributed by atoms with Crippen LogP contribution in [0.25, 0.3) is 0 Å². The van der Waals surface area contributed by atoms with Crippen molar-refractivity contribution < 1.29 is 4.79 Å². The van der Waals surface area contributed by atoms with E-state index in [4.69, 9.17) is 0 Å². The molecule has 0 saturated heterocycles. The monoisotopic (exact) mass is 332 g/mol. The van der Waals surface area contributed by atoms with E-state index < -0.39 is 0 Å². The van der Waals surface area contributed by atoms with Crippen molar-refractivity contribution in [2.24, 2.45) is 16.7 Å². The Labute approximate surface area is 141 Å². The topological polar surface area (TPSA) is 59.8 Å². The quantitative estimate of drug-likeness (QED) is 0.911. The Morgan fingerprint density at radius 3 is 2.61 bits per heavy atom. The van der Waals surface area contributed by atoms with E-state index in [0.717, 1.165) is 24.3 Å². The Bertz CT molecular complexity index is 715. The minimum absolute atomic E-state index is 0.0524. The van der Waals surface area contributed by atoms with Gasteiger partial charge in [0, 0.05) is 30.0 Å². The van der Waals surface area contributed by atoms with Crippen molar-refractivity contribution in [3.63, 3.8) is 0 Å². The molecule has 0 spiro atoms. The van der Waals surface area contributed by atoms with Gasteiger partial charge in [-0.25, -0.2) is 4.98 Å². The highest BCUT2D eigenvalue weighted by Gasteiger charge is 2.68. The first-order chi connectivity index (χ1) is 10.7. The molecule has 0 radical (unpaired) electrons. The molecule has 23 heavy (non-hydrogen) atoms. The summed E-state index contributed by atoms with van der Waals surface area (Å²) in [6.45, 7) is 11.4. The Morgan fingerprint density at radius 1 is 1.35 bits per heavy atom. The van der Waals surface area contributed by atoms with Crippen molar-refractivity contribution in [3.8, 4) is 0 Å². The lowest BCUT2D eigenvalue weighted by Gasteiger charge is -2.03. The number of rotatable bonds is 5. The summed E-state index contributed by atoms with van der Waals surface area (Å²) in [6.07, 6.45) is 4.53. The molecule has 1 fully saturated rings. The first kappa shape index (κ1) is 16.2. The third-order valence-electron chi connectivity index (χ3n) is 5.60. The van der Waals surface area contributed by atoms with E-state index in [0.29, 0.717) is 0 Å². The smallest absolute Gasteiger partial charge is 0.228 e. The van der Waals surface area contributed by atoms with Crippen LogP contribution in [0, 0.1) is 23.7 Å². The number of thiazole rings is 1. The lowest BCUT2D eigenvalue weighted by molar-refractivity contribution is -0.118. The standard InChI is InChI=1S/C17H24N4OS/c1-11-13(23-10-18-11)6-7-21-9-12(8-19-21)20-15(22)14-16(2,3)17(14,4)5/h8-10,14H,6-7H2,1-5H3,(H,20,22). The SMILES string of the molecule is Cc1ncsc1CCn1cc(NC(=O)C2C(C)(C)C2(C)C)cn1. The maximum Gasteiger partial charge on any atom is 0.228 e. The number of nitrogens with one attached hydrogen (secondary N) is 1. The summed E-state index contributed by atoms with van der Waals surface area (Å²) in [6, 6.07) is 0. The molecule has 1 aliphatic rings. The summed E-state index contributed by atoms with van der Waals surface area (Å²) in [7, 11) is 0. The molecule has 5 nitrogen and oxygen atoms in total. The Kier molecular flexibility index (Phi) is 3.83. The van der Waals surface area contributed by atoms with E-state index in [1.165, 1.54) is 4.88 Å². The van der Waals surface area contributed by atoms with Gasteiger partial charge in [0.2, 0.25) is 5.91 Å². The summed E-state index contributed by atoms with van der Waals surface area (Å²) in [5.74, 6) is 0.149. The van der Waals surface area contributed by atoms with Crippen LogP contribution in [-0.4, -0.2) is 20.7 Å². The predicted octanol–water partition coefficient (Wildman–Crippen LogP) is 3.51. The molecular weight excluding hydrogens is 308 g/mol. The maximum absolute atomic E-state index is 12.4. The Hall–Kier alpha value is -1.69. The molecule has 1 aliphatic carbocycles. The van der Waals surface area contributed by atoms with Crippen LogP contribution < -0.4 is 5.32 Å². The number of aromatic nitrogens is 3. The van der Waals surface area contributed by atoms with E-state index in [1.807, 2.05) is 23.3 Å². The average molecular weight is 332 g/mol. The van der Waals surface area contributed by atoms with Crippen molar-refractivity contribution >= 4 is 22.9 Å². The van der Waals surface area contributed by atoms with Gasteiger partial charge in [0.15, 0.2) is 0 Å². The highest BCUT2D eigenvalue weighted by Crippen LogP contribution is 2.68. The van der Waals surface area contributed by atoms with Gasteiger partial charge < -0.3 is 5.32 Å². The Balaban J connectivity index is 1.58. The van der Waals surface area contributed by atoms with E-state index in [9.17, 15) is 4.79 Å². The number of hydrogen-bond donors (Lipinski definition) is 1. The molecule has 0 atom stereocenters. The van der Waals surface area contributed by atoms with Crippen molar-refractivity contribution in [1.82, 2.24) is 14.8 Å². The number of hydrogen-bond acceptors (Lipinski definition) is 4. The molecule has 2 aromatic rings. The first-order valence-corrected chi connectivity index (χ1v) is 8.83. The van der Waals surface area contributed by atoms with Crippen LogP contribution in [0.3, 0.4) is 0 Å². The second-order valence-electron chi connectivity index (χ2n) is 7.47. The largest absolute Gasteiger partial charge is 0.323 e. The van der Waals surface area contributed by atoms with Crippen LogP contribution >= 0.6 is 11.3 Å². The van der Waals surface area contributed by atoms with E-state index in [2.05, 4.69) is 43.1 Å². The molecule has 1 N–H and O–H groups in total. The summed E-state index contributed by atoms with van der Waals surface area (Å²) >= 11 is 1.68. The van der Waals surface area contributed by atoms with Gasteiger partial charge in [-0.3, -0.25) is 9.48 Å². The normalized spacial score (nSPS) is 18.8. The van der Waals surface area contributed by atoms with Gasteiger partial charge in [-0.15, -0.1) is 11.3 Å². The van der Waals surface area contributed by atoms with Gasteiger partial charge in [0.1, 0.15) is 0 Å². The van der Waals surface area contributed by atoms with Crippen LogP contribution in [-0.2, 0) is 17.8 Å². The van der Waals surface area contributed by atoms with Crippen LogP contribution in [0.2, 0.25) is 0 Å². The van der Waals surface area contributed by atoms with Crippen LogP contribution in [0.15, 0.2) is 17.9 Å². The summed E-state index contributed by atoms with van der Waals surface area (Å²) in [5, 5.41) is 7.35. The van der Waals surface area contributed by atoms with Crippen molar-refractivity contribution in [2.75, 3.05) is 5.32 Å². The number of anilines is 1. The van der Waals surface area contributed by atoms with Crippen LogP contribution in [0.4, 0.5) is 5.69 Å². The summed E-state index contributed by atoms with van der Waals surface area (Å²) in [4.78, 5) is 18.0. The molecule has 124 valence electrons. The Morgan fingerprint density at radius 2 is 2.04 bits per heavy atom. The summed E-state index contributed by atoms with van der Waals surface area (Å²) < 4.78 is 1.87. The third-order valence-corrected chi connectivity index (χ3v) is 6.59. The van der Waals surface area contributed by atoms with Gasteiger partial charge in [-0.2, -0.15) is 5.10 Å².